The molecule has 6 heteroatoms. The van der Waals surface area contributed by atoms with E-state index in [1.54, 1.807) is 12.1 Å². The van der Waals surface area contributed by atoms with Gasteiger partial charge in [0, 0.05) is 28.5 Å². The maximum Gasteiger partial charge on any atom is 0.331 e. The number of benzene rings is 1. The minimum atomic E-state index is -0.575. The molecular weight excluding hydrogens is 364 g/mol. The van der Waals surface area contributed by atoms with Crippen molar-refractivity contribution in [3.8, 4) is 11.5 Å². The van der Waals surface area contributed by atoms with Crippen molar-refractivity contribution < 1.29 is 23.8 Å². The summed E-state index contributed by atoms with van der Waals surface area (Å²) in [6, 6.07) is 7.43. The summed E-state index contributed by atoms with van der Waals surface area (Å²) in [5.41, 5.74) is 1.84. The van der Waals surface area contributed by atoms with Crippen LogP contribution >= 0.6 is 11.3 Å². The van der Waals surface area contributed by atoms with Crippen LogP contribution in [0.25, 0.3) is 6.08 Å². The zero-order chi connectivity index (χ0) is 19.4. The van der Waals surface area contributed by atoms with E-state index in [1.807, 2.05) is 39.0 Å². The lowest BCUT2D eigenvalue weighted by Crippen LogP contribution is -2.11. The van der Waals surface area contributed by atoms with Crippen molar-refractivity contribution in [2.24, 2.45) is 0 Å². The third kappa shape index (κ3) is 4.77. The van der Waals surface area contributed by atoms with Gasteiger partial charge >= 0.3 is 5.97 Å². The van der Waals surface area contributed by atoms with E-state index >= 15 is 0 Å². The Morgan fingerprint density at radius 3 is 2.85 bits per heavy atom. The van der Waals surface area contributed by atoms with Crippen LogP contribution in [0.3, 0.4) is 0 Å². The SMILES string of the molecule is CCOc1cc2c(cc1/C=C/C(=O)OCC(=O)c1ccc(C)s1)O[C@H](C)C2. The fourth-order valence-corrected chi connectivity index (χ4v) is 3.66. The highest BCUT2D eigenvalue weighted by Crippen LogP contribution is 2.35. The van der Waals surface area contributed by atoms with Gasteiger partial charge < -0.3 is 14.2 Å². The highest BCUT2D eigenvalue weighted by atomic mass is 32.1. The van der Waals surface area contributed by atoms with Gasteiger partial charge in [-0.25, -0.2) is 4.79 Å². The Hall–Kier alpha value is -2.60. The van der Waals surface area contributed by atoms with Gasteiger partial charge in [0.1, 0.15) is 17.6 Å². The first-order chi connectivity index (χ1) is 13.0. The number of esters is 1. The number of ketones is 1. The van der Waals surface area contributed by atoms with Crippen molar-refractivity contribution in [2.75, 3.05) is 13.2 Å². The van der Waals surface area contributed by atoms with Crippen molar-refractivity contribution in [3.63, 3.8) is 0 Å². The molecule has 1 aromatic carbocycles. The fraction of sp³-hybridized carbons (Fsp3) is 0.333. The molecule has 3 rings (SSSR count). The van der Waals surface area contributed by atoms with Gasteiger partial charge in [0.2, 0.25) is 5.78 Å². The topological polar surface area (TPSA) is 61.8 Å². The quantitative estimate of drug-likeness (QED) is 0.405. The van der Waals surface area contributed by atoms with Crippen molar-refractivity contribution in [3.05, 3.63) is 51.2 Å². The second kappa shape index (κ2) is 8.39. The molecule has 2 heterocycles. The number of ether oxygens (including phenoxy) is 3. The van der Waals surface area contributed by atoms with E-state index < -0.39 is 5.97 Å². The van der Waals surface area contributed by atoms with Crippen molar-refractivity contribution in [1.29, 1.82) is 0 Å². The van der Waals surface area contributed by atoms with Crippen LogP contribution in [-0.4, -0.2) is 31.1 Å². The number of aryl methyl sites for hydroxylation is 1. The highest BCUT2D eigenvalue weighted by molar-refractivity contribution is 7.14. The molecule has 142 valence electrons. The van der Waals surface area contributed by atoms with E-state index in [9.17, 15) is 9.59 Å². The molecule has 0 saturated carbocycles. The lowest BCUT2D eigenvalue weighted by molar-refractivity contribution is -0.136. The number of rotatable bonds is 7. The molecule has 0 bridgehead atoms. The van der Waals surface area contributed by atoms with E-state index in [2.05, 4.69) is 0 Å². The van der Waals surface area contributed by atoms with Gasteiger partial charge in [-0.15, -0.1) is 11.3 Å². The van der Waals surface area contributed by atoms with E-state index in [0.29, 0.717) is 17.2 Å². The Bertz CT molecular complexity index is 881. The third-order valence-electron chi connectivity index (χ3n) is 4.09. The standard InChI is InChI=1S/C21H22O5S/c1-4-24-18-11-16-9-13(2)26-19(16)10-15(18)6-8-21(23)25-12-17(22)20-7-5-14(3)27-20/h5-8,10-11,13H,4,9,12H2,1-3H3/b8-6+/t13-/m1/s1. The summed E-state index contributed by atoms with van der Waals surface area (Å²) in [6.07, 6.45) is 3.90. The van der Waals surface area contributed by atoms with E-state index in [-0.39, 0.29) is 18.5 Å². The highest BCUT2D eigenvalue weighted by Gasteiger charge is 2.21. The second-order valence-corrected chi connectivity index (χ2v) is 7.63. The minimum Gasteiger partial charge on any atom is -0.493 e. The Kier molecular flexibility index (Phi) is 5.96. The average Bonchev–Trinajstić information content (AvgIpc) is 3.22. The molecule has 0 aliphatic carbocycles. The Balaban J connectivity index is 1.65. The Morgan fingerprint density at radius 2 is 2.15 bits per heavy atom. The normalized spacial score (nSPS) is 15.4. The molecule has 27 heavy (non-hydrogen) atoms. The van der Waals surface area contributed by atoms with Crippen molar-refractivity contribution in [1.82, 2.24) is 0 Å². The first kappa shape index (κ1) is 19.2. The summed E-state index contributed by atoms with van der Waals surface area (Å²) in [5.74, 6) is 0.726. The summed E-state index contributed by atoms with van der Waals surface area (Å²) in [5, 5.41) is 0. The molecule has 5 nitrogen and oxygen atoms in total. The lowest BCUT2D eigenvalue weighted by Gasteiger charge is -2.10. The molecule has 0 amide bonds. The maximum atomic E-state index is 12.0. The Morgan fingerprint density at radius 1 is 1.33 bits per heavy atom. The molecule has 0 fully saturated rings. The predicted molar refractivity (Wildman–Crippen MR) is 105 cm³/mol. The minimum absolute atomic E-state index is 0.130. The van der Waals surface area contributed by atoms with Crippen LogP contribution in [0.4, 0.5) is 0 Å². The van der Waals surface area contributed by atoms with Crippen LogP contribution in [0.5, 0.6) is 11.5 Å². The van der Waals surface area contributed by atoms with Gasteiger partial charge in [0.05, 0.1) is 11.5 Å². The van der Waals surface area contributed by atoms with E-state index in [1.165, 1.54) is 17.4 Å². The van der Waals surface area contributed by atoms with Gasteiger partial charge in [-0.1, -0.05) is 0 Å². The molecular formula is C21H22O5S. The molecule has 0 unspecified atom stereocenters. The number of thiophene rings is 1. The van der Waals surface area contributed by atoms with Crippen LogP contribution in [0.2, 0.25) is 0 Å². The van der Waals surface area contributed by atoms with Gasteiger partial charge in [-0.05, 0) is 51.1 Å². The second-order valence-electron chi connectivity index (χ2n) is 6.34. The number of carbonyl (C=O) groups excluding carboxylic acids is 2. The van der Waals surface area contributed by atoms with Crippen LogP contribution in [0, 0.1) is 6.92 Å². The number of Topliss-reactive ketones (excluding diaryl/α,β-unsaturated/α-hetero) is 1. The zero-order valence-corrected chi connectivity index (χ0v) is 16.4. The van der Waals surface area contributed by atoms with Crippen molar-refractivity contribution in [2.45, 2.75) is 33.3 Å². The number of fused-ring (bicyclic) bond motifs is 1. The molecule has 0 N–H and O–H groups in total. The zero-order valence-electron chi connectivity index (χ0n) is 15.6. The summed E-state index contributed by atoms with van der Waals surface area (Å²) in [7, 11) is 0. The summed E-state index contributed by atoms with van der Waals surface area (Å²) in [4.78, 5) is 25.6. The third-order valence-corrected chi connectivity index (χ3v) is 5.13. The largest absolute Gasteiger partial charge is 0.493 e. The van der Waals surface area contributed by atoms with Gasteiger partial charge in [-0.2, -0.15) is 0 Å². The molecule has 1 aliphatic heterocycles. The molecule has 1 aliphatic rings. The van der Waals surface area contributed by atoms with E-state index in [4.69, 9.17) is 14.2 Å². The number of hydrogen-bond acceptors (Lipinski definition) is 6. The lowest BCUT2D eigenvalue weighted by atomic mass is 10.1. The summed E-state index contributed by atoms with van der Waals surface area (Å²) in [6.45, 7) is 6.10. The smallest absolute Gasteiger partial charge is 0.331 e. The van der Waals surface area contributed by atoms with Crippen molar-refractivity contribution >= 4 is 29.2 Å². The van der Waals surface area contributed by atoms with Crippen LogP contribution < -0.4 is 9.47 Å². The number of hydrogen-bond donors (Lipinski definition) is 0. The number of carbonyl (C=O) groups is 2. The first-order valence-electron chi connectivity index (χ1n) is 8.87. The van der Waals surface area contributed by atoms with Crippen LogP contribution in [-0.2, 0) is 16.0 Å². The molecule has 1 aromatic heterocycles. The first-order valence-corrected chi connectivity index (χ1v) is 9.68. The molecule has 0 spiro atoms. The predicted octanol–water partition coefficient (Wildman–Crippen LogP) is 4.22. The molecule has 0 radical (unpaired) electrons. The Labute approximate surface area is 162 Å². The van der Waals surface area contributed by atoms with Crippen LogP contribution in [0.15, 0.2) is 30.3 Å². The molecule has 1 atom stereocenters. The summed E-state index contributed by atoms with van der Waals surface area (Å²) >= 11 is 1.39. The summed E-state index contributed by atoms with van der Waals surface area (Å²) < 4.78 is 16.5. The van der Waals surface area contributed by atoms with Gasteiger partial charge in [-0.3, -0.25) is 4.79 Å². The fourth-order valence-electron chi connectivity index (χ4n) is 2.86. The van der Waals surface area contributed by atoms with Gasteiger partial charge in [0.15, 0.2) is 6.61 Å². The van der Waals surface area contributed by atoms with Crippen LogP contribution in [0.1, 0.15) is 39.5 Å². The average molecular weight is 386 g/mol. The van der Waals surface area contributed by atoms with Gasteiger partial charge in [0.25, 0.3) is 0 Å². The maximum absolute atomic E-state index is 12.0. The molecule has 0 saturated heterocycles. The monoisotopic (exact) mass is 386 g/mol. The van der Waals surface area contributed by atoms with E-state index in [0.717, 1.165) is 28.2 Å². The molecule has 2 aromatic rings.